The fourth-order valence-corrected chi connectivity index (χ4v) is 2.07. The molecule has 0 aliphatic carbocycles. The van der Waals surface area contributed by atoms with E-state index in [0.29, 0.717) is 18.8 Å². The van der Waals surface area contributed by atoms with Gasteiger partial charge in [-0.2, -0.15) is 0 Å². The molecule has 20 heavy (non-hydrogen) atoms. The van der Waals surface area contributed by atoms with Crippen LogP contribution in [0.4, 0.5) is 5.69 Å². The Bertz CT molecular complexity index is 418. The van der Waals surface area contributed by atoms with Gasteiger partial charge < -0.3 is 15.1 Å². The van der Waals surface area contributed by atoms with Gasteiger partial charge in [-0.1, -0.05) is 0 Å². The first kappa shape index (κ1) is 16.4. The molecular formula is C15H26N4O. The van der Waals surface area contributed by atoms with E-state index in [1.165, 1.54) is 0 Å². The highest BCUT2D eigenvalue weighted by Gasteiger charge is 2.14. The molecule has 0 spiro atoms. The standard InChI is InChI=1S/C15H26N4O/c1-5-19(6-2)15(20)14-12-13(8-10-17-14)18(4)11-7-9-16-3/h8,10,12,16H,5-7,9,11H2,1-4H3. The highest BCUT2D eigenvalue weighted by Crippen LogP contribution is 2.14. The Labute approximate surface area is 122 Å². The largest absolute Gasteiger partial charge is 0.374 e. The topological polar surface area (TPSA) is 48.5 Å². The van der Waals surface area contributed by atoms with E-state index >= 15 is 0 Å². The minimum atomic E-state index is 0.000440. The van der Waals surface area contributed by atoms with Crippen LogP contribution in [-0.4, -0.2) is 56.1 Å². The molecule has 1 rings (SSSR count). The smallest absolute Gasteiger partial charge is 0.272 e. The minimum Gasteiger partial charge on any atom is -0.374 e. The number of carbonyl (C=O) groups is 1. The second-order valence-corrected chi connectivity index (χ2v) is 4.76. The summed E-state index contributed by atoms with van der Waals surface area (Å²) in [4.78, 5) is 20.4. The van der Waals surface area contributed by atoms with E-state index in [9.17, 15) is 4.79 Å². The molecular weight excluding hydrogens is 252 g/mol. The van der Waals surface area contributed by atoms with Crippen molar-refractivity contribution in [3.8, 4) is 0 Å². The van der Waals surface area contributed by atoms with Gasteiger partial charge >= 0.3 is 0 Å². The lowest BCUT2D eigenvalue weighted by Crippen LogP contribution is -2.31. The van der Waals surface area contributed by atoms with Crippen LogP contribution in [0.3, 0.4) is 0 Å². The molecule has 1 N–H and O–H groups in total. The fourth-order valence-electron chi connectivity index (χ4n) is 2.07. The van der Waals surface area contributed by atoms with Crippen molar-refractivity contribution >= 4 is 11.6 Å². The predicted octanol–water partition coefficient (Wildman–Crippen LogP) is 1.61. The number of anilines is 1. The van der Waals surface area contributed by atoms with Gasteiger partial charge in [0.1, 0.15) is 5.69 Å². The van der Waals surface area contributed by atoms with Crippen LogP contribution in [0, 0.1) is 0 Å². The van der Waals surface area contributed by atoms with E-state index in [1.54, 1.807) is 11.1 Å². The summed E-state index contributed by atoms with van der Waals surface area (Å²) in [6.45, 7) is 7.31. The Kier molecular flexibility index (Phi) is 7.01. The quantitative estimate of drug-likeness (QED) is 0.734. The van der Waals surface area contributed by atoms with Crippen LogP contribution in [-0.2, 0) is 0 Å². The lowest BCUT2D eigenvalue weighted by Gasteiger charge is -2.21. The molecule has 0 radical (unpaired) electrons. The van der Waals surface area contributed by atoms with Crippen molar-refractivity contribution in [3.05, 3.63) is 24.0 Å². The Hall–Kier alpha value is -1.62. The van der Waals surface area contributed by atoms with Crippen molar-refractivity contribution in [3.63, 3.8) is 0 Å². The van der Waals surface area contributed by atoms with Gasteiger partial charge in [-0.05, 0) is 46.0 Å². The van der Waals surface area contributed by atoms with Crippen molar-refractivity contribution in [1.29, 1.82) is 0 Å². The summed E-state index contributed by atoms with van der Waals surface area (Å²) < 4.78 is 0. The number of amides is 1. The maximum Gasteiger partial charge on any atom is 0.272 e. The van der Waals surface area contributed by atoms with E-state index in [0.717, 1.165) is 25.2 Å². The molecule has 0 atom stereocenters. The molecule has 0 saturated carbocycles. The molecule has 0 aromatic carbocycles. The number of rotatable bonds is 8. The van der Waals surface area contributed by atoms with Gasteiger partial charge in [-0.3, -0.25) is 9.78 Å². The van der Waals surface area contributed by atoms with Crippen molar-refractivity contribution in [2.45, 2.75) is 20.3 Å². The molecule has 1 aromatic rings. The monoisotopic (exact) mass is 278 g/mol. The van der Waals surface area contributed by atoms with Gasteiger partial charge in [0.2, 0.25) is 0 Å². The number of carbonyl (C=O) groups excluding carboxylic acids is 1. The lowest BCUT2D eigenvalue weighted by atomic mass is 10.2. The van der Waals surface area contributed by atoms with Gasteiger partial charge in [0, 0.05) is 38.6 Å². The summed E-state index contributed by atoms with van der Waals surface area (Å²) in [6, 6.07) is 3.82. The summed E-state index contributed by atoms with van der Waals surface area (Å²) >= 11 is 0. The Balaban J connectivity index is 2.77. The summed E-state index contributed by atoms with van der Waals surface area (Å²) in [5.41, 5.74) is 1.55. The molecule has 0 aliphatic rings. The second-order valence-electron chi connectivity index (χ2n) is 4.76. The molecule has 112 valence electrons. The SMILES string of the molecule is CCN(CC)C(=O)c1cc(N(C)CCCNC)ccn1. The van der Waals surface area contributed by atoms with Gasteiger partial charge in [0.15, 0.2) is 0 Å². The van der Waals surface area contributed by atoms with E-state index in [2.05, 4.69) is 15.2 Å². The van der Waals surface area contributed by atoms with E-state index < -0.39 is 0 Å². The number of pyridine rings is 1. The number of nitrogens with one attached hydrogen (secondary N) is 1. The Morgan fingerprint density at radius 3 is 2.65 bits per heavy atom. The molecule has 5 nitrogen and oxygen atoms in total. The van der Waals surface area contributed by atoms with Gasteiger partial charge in [0.25, 0.3) is 5.91 Å². The highest BCUT2D eigenvalue weighted by molar-refractivity contribution is 5.93. The summed E-state index contributed by atoms with van der Waals surface area (Å²) in [5.74, 6) is 0.000440. The summed E-state index contributed by atoms with van der Waals surface area (Å²) in [6.07, 6.45) is 2.77. The maximum atomic E-state index is 12.3. The van der Waals surface area contributed by atoms with Crippen molar-refractivity contribution in [1.82, 2.24) is 15.2 Å². The molecule has 1 amide bonds. The first-order valence-electron chi connectivity index (χ1n) is 7.25. The first-order valence-corrected chi connectivity index (χ1v) is 7.25. The zero-order chi connectivity index (χ0) is 15.0. The molecule has 0 aliphatic heterocycles. The molecule has 0 saturated heterocycles. The third-order valence-electron chi connectivity index (χ3n) is 3.37. The van der Waals surface area contributed by atoms with Crippen LogP contribution in [0.2, 0.25) is 0 Å². The van der Waals surface area contributed by atoms with Crippen LogP contribution in [0.5, 0.6) is 0 Å². The van der Waals surface area contributed by atoms with E-state index in [4.69, 9.17) is 0 Å². The number of aromatic nitrogens is 1. The normalized spacial score (nSPS) is 10.4. The minimum absolute atomic E-state index is 0.000440. The number of hydrogen-bond acceptors (Lipinski definition) is 4. The van der Waals surface area contributed by atoms with Gasteiger partial charge in [-0.15, -0.1) is 0 Å². The molecule has 0 unspecified atom stereocenters. The third kappa shape index (κ3) is 4.49. The number of nitrogens with zero attached hydrogens (tertiary/aromatic N) is 3. The Morgan fingerprint density at radius 2 is 2.05 bits per heavy atom. The number of hydrogen-bond donors (Lipinski definition) is 1. The molecule has 0 fully saturated rings. The van der Waals surface area contributed by atoms with Crippen molar-refractivity contribution in [2.75, 3.05) is 45.2 Å². The molecule has 5 heteroatoms. The average molecular weight is 278 g/mol. The first-order chi connectivity index (χ1) is 9.63. The van der Waals surface area contributed by atoms with Crippen LogP contribution in [0.15, 0.2) is 18.3 Å². The highest BCUT2D eigenvalue weighted by atomic mass is 16.2. The van der Waals surface area contributed by atoms with Crippen LogP contribution >= 0.6 is 0 Å². The zero-order valence-corrected chi connectivity index (χ0v) is 13.0. The predicted molar refractivity (Wildman–Crippen MR) is 83.3 cm³/mol. The molecule has 1 aromatic heterocycles. The summed E-state index contributed by atoms with van der Waals surface area (Å²) in [5, 5.41) is 3.13. The van der Waals surface area contributed by atoms with Crippen molar-refractivity contribution < 1.29 is 4.79 Å². The van der Waals surface area contributed by atoms with E-state index in [-0.39, 0.29) is 5.91 Å². The Morgan fingerprint density at radius 1 is 1.35 bits per heavy atom. The zero-order valence-electron chi connectivity index (χ0n) is 13.0. The second kappa shape index (κ2) is 8.53. The van der Waals surface area contributed by atoms with Crippen LogP contribution in [0.25, 0.3) is 0 Å². The summed E-state index contributed by atoms with van der Waals surface area (Å²) in [7, 11) is 3.99. The fraction of sp³-hybridized carbons (Fsp3) is 0.600. The maximum absolute atomic E-state index is 12.3. The van der Waals surface area contributed by atoms with E-state index in [1.807, 2.05) is 40.1 Å². The lowest BCUT2D eigenvalue weighted by molar-refractivity contribution is 0.0767. The average Bonchev–Trinajstić information content (AvgIpc) is 2.48. The van der Waals surface area contributed by atoms with Crippen molar-refractivity contribution in [2.24, 2.45) is 0 Å². The van der Waals surface area contributed by atoms with Gasteiger partial charge in [-0.25, -0.2) is 0 Å². The van der Waals surface area contributed by atoms with Crippen LogP contribution < -0.4 is 10.2 Å². The third-order valence-corrected chi connectivity index (χ3v) is 3.37. The molecule has 1 heterocycles. The van der Waals surface area contributed by atoms with Crippen LogP contribution in [0.1, 0.15) is 30.8 Å². The molecule has 0 bridgehead atoms. The van der Waals surface area contributed by atoms with Gasteiger partial charge in [0.05, 0.1) is 0 Å².